The zero-order chi connectivity index (χ0) is 16.1. The van der Waals surface area contributed by atoms with Gasteiger partial charge in [-0.25, -0.2) is 0 Å². The summed E-state index contributed by atoms with van der Waals surface area (Å²) in [6.07, 6.45) is 3.04. The van der Waals surface area contributed by atoms with E-state index < -0.39 is 6.10 Å². The van der Waals surface area contributed by atoms with E-state index in [4.69, 9.17) is 10.5 Å². The van der Waals surface area contributed by atoms with Gasteiger partial charge < -0.3 is 20.9 Å². The van der Waals surface area contributed by atoms with Crippen LogP contribution < -0.4 is 11.1 Å². The third kappa shape index (κ3) is 4.67. The van der Waals surface area contributed by atoms with Crippen LogP contribution in [0.15, 0.2) is 23.2 Å². The van der Waals surface area contributed by atoms with Crippen LogP contribution in [0.1, 0.15) is 17.5 Å². The van der Waals surface area contributed by atoms with Crippen LogP contribution in [0.25, 0.3) is 0 Å². The van der Waals surface area contributed by atoms with Crippen LogP contribution in [0.2, 0.25) is 0 Å². The van der Waals surface area contributed by atoms with Crippen molar-refractivity contribution in [1.29, 1.82) is 0 Å². The predicted molar refractivity (Wildman–Crippen MR) is 91.8 cm³/mol. The van der Waals surface area contributed by atoms with Crippen molar-refractivity contribution in [3.05, 3.63) is 29.3 Å². The van der Waals surface area contributed by atoms with Crippen molar-refractivity contribution in [2.45, 2.75) is 25.4 Å². The number of fused-ring (bicyclic) bond motifs is 1. The molecule has 1 fully saturated rings. The third-order valence-corrected chi connectivity index (χ3v) is 4.42. The maximum atomic E-state index is 10.1. The van der Waals surface area contributed by atoms with E-state index in [1.807, 2.05) is 6.07 Å². The van der Waals surface area contributed by atoms with Gasteiger partial charge in [-0.1, -0.05) is 6.07 Å². The Labute approximate surface area is 137 Å². The zero-order valence-corrected chi connectivity index (χ0v) is 13.5. The monoisotopic (exact) mass is 318 g/mol. The molecule has 1 aliphatic heterocycles. The number of benzene rings is 1. The highest BCUT2D eigenvalue weighted by molar-refractivity contribution is 5.92. The molecule has 1 aromatic rings. The molecule has 0 amide bonds. The first-order chi connectivity index (χ1) is 11.2. The number of aryl methyl sites for hydroxylation is 2. The van der Waals surface area contributed by atoms with E-state index in [-0.39, 0.29) is 0 Å². The molecule has 1 atom stereocenters. The second kappa shape index (κ2) is 7.77. The number of hydrogen-bond donors (Lipinski definition) is 3. The molecule has 126 valence electrons. The van der Waals surface area contributed by atoms with E-state index in [0.717, 1.165) is 38.4 Å². The normalized spacial score (nSPS) is 20.3. The Morgan fingerprint density at radius 3 is 2.91 bits per heavy atom. The number of nitrogens with two attached hydrogens (primary N) is 1. The van der Waals surface area contributed by atoms with Gasteiger partial charge in [-0.15, -0.1) is 0 Å². The fourth-order valence-corrected chi connectivity index (χ4v) is 3.18. The van der Waals surface area contributed by atoms with Crippen LogP contribution in [0.5, 0.6) is 0 Å². The number of aliphatic imine (C=N–C) groups is 1. The van der Waals surface area contributed by atoms with E-state index in [0.29, 0.717) is 19.0 Å². The highest BCUT2D eigenvalue weighted by Gasteiger charge is 2.15. The van der Waals surface area contributed by atoms with Gasteiger partial charge in [-0.2, -0.15) is 0 Å². The highest BCUT2D eigenvalue weighted by Crippen LogP contribution is 2.24. The lowest BCUT2D eigenvalue weighted by Crippen LogP contribution is -2.42. The lowest BCUT2D eigenvalue weighted by atomic mass is 10.1. The predicted octanol–water partition coefficient (Wildman–Crippen LogP) is 0.595. The fourth-order valence-electron chi connectivity index (χ4n) is 3.18. The standard InChI is InChI=1S/C17H26N4O2/c18-17(19-11-16(22)12-21-6-8-23-9-7-21)20-15-5-4-13-2-1-3-14(13)10-15/h4-5,10,16,22H,1-3,6-9,11-12H2,(H3,18,19,20). The van der Waals surface area contributed by atoms with Crippen LogP contribution in [0, 0.1) is 0 Å². The van der Waals surface area contributed by atoms with Gasteiger partial charge in [0.1, 0.15) is 0 Å². The number of hydrogen-bond acceptors (Lipinski definition) is 4. The Kier molecular flexibility index (Phi) is 5.48. The summed E-state index contributed by atoms with van der Waals surface area (Å²) in [6, 6.07) is 6.34. The minimum absolute atomic E-state index is 0.307. The molecule has 1 unspecified atom stereocenters. The van der Waals surface area contributed by atoms with Gasteiger partial charge in [0.2, 0.25) is 0 Å². The molecule has 0 radical (unpaired) electrons. The van der Waals surface area contributed by atoms with Gasteiger partial charge >= 0.3 is 0 Å². The zero-order valence-electron chi connectivity index (χ0n) is 13.5. The molecular formula is C17H26N4O2. The van der Waals surface area contributed by atoms with Crippen LogP contribution in [0.3, 0.4) is 0 Å². The molecule has 0 spiro atoms. The molecule has 4 N–H and O–H groups in total. The third-order valence-electron chi connectivity index (χ3n) is 4.42. The molecular weight excluding hydrogens is 292 g/mol. The molecule has 6 heteroatoms. The van der Waals surface area contributed by atoms with E-state index in [9.17, 15) is 5.11 Å². The molecule has 0 bridgehead atoms. The van der Waals surface area contributed by atoms with Gasteiger partial charge in [0.15, 0.2) is 5.96 Å². The number of anilines is 1. The van der Waals surface area contributed by atoms with Crippen LogP contribution in [-0.4, -0.2) is 61.5 Å². The summed E-state index contributed by atoms with van der Waals surface area (Å²) in [4.78, 5) is 6.44. The molecule has 0 saturated carbocycles. The number of morpholine rings is 1. The number of ether oxygens (including phenoxy) is 1. The van der Waals surface area contributed by atoms with Gasteiger partial charge in [0, 0.05) is 25.3 Å². The largest absolute Gasteiger partial charge is 0.390 e. The van der Waals surface area contributed by atoms with Crippen molar-refractivity contribution in [1.82, 2.24) is 4.90 Å². The van der Waals surface area contributed by atoms with Crippen LogP contribution >= 0.6 is 0 Å². The first-order valence-corrected chi connectivity index (χ1v) is 8.37. The summed E-state index contributed by atoms with van der Waals surface area (Å²) in [5.74, 6) is 0.351. The number of nitrogens with one attached hydrogen (secondary N) is 1. The maximum Gasteiger partial charge on any atom is 0.193 e. The number of aliphatic hydroxyl groups is 1. The summed E-state index contributed by atoms with van der Waals surface area (Å²) in [5, 5.41) is 13.2. The molecule has 2 aliphatic rings. The number of rotatable bonds is 5. The maximum absolute atomic E-state index is 10.1. The molecule has 1 heterocycles. The summed E-state index contributed by atoms with van der Waals surface area (Å²) in [6.45, 7) is 4.11. The number of aliphatic hydroxyl groups excluding tert-OH is 1. The fraction of sp³-hybridized carbons (Fsp3) is 0.588. The first-order valence-electron chi connectivity index (χ1n) is 8.37. The summed E-state index contributed by atoms with van der Waals surface area (Å²) in [5.41, 5.74) is 9.73. The topological polar surface area (TPSA) is 83.1 Å². The van der Waals surface area contributed by atoms with Crippen molar-refractivity contribution in [2.24, 2.45) is 10.7 Å². The molecule has 0 aromatic heterocycles. The van der Waals surface area contributed by atoms with Crippen molar-refractivity contribution >= 4 is 11.6 Å². The van der Waals surface area contributed by atoms with Gasteiger partial charge in [-0.05, 0) is 42.5 Å². The Hall–Kier alpha value is -1.63. The van der Waals surface area contributed by atoms with Crippen molar-refractivity contribution in [3.63, 3.8) is 0 Å². The van der Waals surface area contributed by atoms with E-state index in [1.54, 1.807) is 0 Å². The molecule has 6 nitrogen and oxygen atoms in total. The Bertz CT molecular complexity index is 556. The molecule has 3 rings (SSSR count). The molecule has 23 heavy (non-hydrogen) atoms. The van der Waals surface area contributed by atoms with E-state index in [1.165, 1.54) is 24.0 Å². The molecule has 1 saturated heterocycles. The minimum atomic E-state index is -0.506. The average Bonchev–Trinajstić information content (AvgIpc) is 3.01. The minimum Gasteiger partial charge on any atom is -0.390 e. The first kappa shape index (κ1) is 16.2. The number of nitrogens with zero attached hydrogens (tertiary/aromatic N) is 2. The van der Waals surface area contributed by atoms with Gasteiger partial charge in [0.05, 0.1) is 25.9 Å². The SMILES string of the molecule is NC(=NCC(O)CN1CCOCC1)Nc1ccc2c(c1)CCC2. The van der Waals surface area contributed by atoms with Crippen LogP contribution in [0.4, 0.5) is 5.69 Å². The molecule has 1 aliphatic carbocycles. The average molecular weight is 318 g/mol. The van der Waals surface area contributed by atoms with Crippen LogP contribution in [-0.2, 0) is 17.6 Å². The van der Waals surface area contributed by atoms with Crippen molar-refractivity contribution in [3.8, 4) is 0 Å². The quantitative estimate of drug-likeness (QED) is 0.547. The van der Waals surface area contributed by atoms with Gasteiger partial charge in [0.25, 0.3) is 0 Å². The lowest BCUT2D eigenvalue weighted by molar-refractivity contribution is 0.0165. The second-order valence-corrected chi connectivity index (χ2v) is 6.25. The van der Waals surface area contributed by atoms with Crippen molar-refractivity contribution < 1.29 is 9.84 Å². The Morgan fingerprint density at radius 2 is 2.09 bits per heavy atom. The number of β-amino-alcohol motifs (C(OH)–C–C–N with tert-alkyl or cyclic N) is 1. The Morgan fingerprint density at radius 1 is 1.30 bits per heavy atom. The van der Waals surface area contributed by atoms with E-state index in [2.05, 4.69) is 27.3 Å². The lowest BCUT2D eigenvalue weighted by Gasteiger charge is -2.28. The summed E-state index contributed by atoms with van der Waals surface area (Å²) >= 11 is 0. The highest BCUT2D eigenvalue weighted by atomic mass is 16.5. The summed E-state index contributed by atoms with van der Waals surface area (Å²) < 4.78 is 5.30. The summed E-state index contributed by atoms with van der Waals surface area (Å²) in [7, 11) is 0. The number of guanidine groups is 1. The Balaban J connectivity index is 1.47. The van der Waals surface area contributed by atoms with Crippen molar-refractivity contribution in [2.75, 3.05) is 44.7 Å². The molecule has 1 aromatic carbocycles. The van der Waals surface area contributed by atoms with E-state index >= 15 is 0 Å². The second-order valence-electron chi connectivity index (χ2n) is 6.25. The smallest absolute Gasteiger partial charge is 0.193 e. The van der Waals surface area contributed by atoms with Gasteiger partial charge in [-0.3, -0.25) is 9.89 Å².